The zero-order valence-electron chi connectivity index (χ0n) is 7.74. The first kappa shape index (κ1) is 10.1. The van der Waals surface area contributed by atoms with E-state index in [-0.39, 0.29) is 11.9 Å². The Bertz CT molecular complexity index is 492. The highest BCUT2D eigenvalue weighted by Crippen LogP contribution is 2.21. The Balaban J connectivity index is 2.10. The zero-order valence-corrected chi connectivity index (χ0v) is 9.32. The molecule has 0 fully saturated rings. The van der Waals surface area contributed by atoms with Crippen LogP contribution in [0.5, 0.6) is 0 Å². The smallest absolute Gasteiger partial charge is 0.268 e. The molecule has 0 aliphatic rings. The number of hydrogen-bond acceptors (Lipinski definition) is 4. The molecular weight excluding hydrogens is 236 g/mol. The SMILES string of the molecule is Cc1nc(NC(=O)c2ccc(Cl)s2)n[nH]1. The summed E-state index contributed by atoms with van der Waals surface area (Å²) in [5.74, 6) is 0.655. The van der Waals surface area contributed by atoms with Gasteiger partial charge in [0.1, 0.15) is 5.82 Å². The molecule has 0 aliphatic carbocycles. The molecule has 0 spiro atoms. The minimum Gasteiger partial charge on any atom is -0.288 e. The number of anilines is 1. The van der Waals surface area contributed by atoms with Gasteiger partial charge in [-0.05, 0) is 19.1 Å². The third-order valence-electron chi connectivity index (χ3n) is 1.62. The van der Waals surface area contributed by atoms with Crippen LogP contribution in [0, 0.1) is 6.92 Å². The number of thiophene rings is 1. The van der Waals surface area contributed by atoms with Crippen molar-refractivity contribution in [1.82, 2.24) is 15.2 Å². The van der Waals surface area contributed by atoms with Gasteiger partial charge in [0.2, 0.25) is 5.95 Å². The summed E-state index contributed by atoms with van der Waals surface area (Å²) in [6, 6.07) is 3.33. The lowest BCUT2D eigenvalue weighted by molar-refractivity contribution is 0.102. The molecule has 15 heavy (non-hydrogen) atoms. The van der Waals surface area contributed by atoms with Crippen LogP contribution in [0.25, 0.3) is 0 Å². The third kappa shape index (κ3) is 2.34. The van der Waals surface area contributed by atoms with E-state index in [1.54, 1.807) is 19.1 Å². The highest BCUT2D eigenvalue weighted by molar-refractivity contribution is 7.18. The Labute approximate surface area is 94.5 Å². The second kappa shape index (κ2) is 4.00. The van der Waals surface area contributed by atoms with Gasteiger partial charge in [-0.1, -0.05) is 11.6 Å². The third-order valence-corrected chi connectivity index (χ3v) is 2.85. The predicted molar refractivity (Wildman–Crippen MR) is 58.4 cm³/mol. The molecule has 2 rings (SSSR count). The Morgan fingerprint density at radius 3 is 2.93 bits per heavy atom. The molecule has 5 nitrogen and oxygen atoms in total. The quantitative estimate of drug-likeness (QED) is 0.847. The van der Waals surface area contributed by atoms with Crippen LogP contribution >= 0.6 is 22.9 Å². The van der Waals surface area contributed by atoms with Crippen LogP contribution in [0.1, 0.15) is 15.5 Å². The van der Waals surface area contributed by atoms with Crippen LogP contribution in [-0.4, -0.2) is 21.1 Å². The first-order chi connectivity index (χ1) is 7.15. The molecule has 1 amide bonds. The van der Waals surface area contributed by atoms with Crippen molar-refractivity contribution in [2.24, 2.45) is 0 Å². The van der Waals surface area contributed by atoms with Gasteiger partial charge in [0.15, 0.2) is 0 Å². The van der Waals surface area contributed by atoms with Crippen molar-refractivity contribution in [3.8, 4) is 0 Å². The lowest BCUT2D eigenvalue weighted by Crippen LogP contribution is -2.11. The van der Waals surface area contributed by atoms with Gasteiger partial charge in [-0.3, -0.25) is 15.2 Å². The van der Waals surface area contributed by atoms with Crippen LogP contribution in [-0.2, 0) is 0 Å². The summed E-state index contributed by atoms with van der Waals surface area (Å²) in [6.07, 6.45) is 0. The van der Waals surface area contributed by atoms with Gasteiger partial charge in [-0.15, -0.1) is 16.4 Å². The number of aromatic nitrogens is 3. The second-order valence-electron chi connectivity index (χ2n) is 2.80. The van der Waals surface area contributed by atoms with Crippen LogP contribution < -0.4 is 5.32 Å². The fourth-order valence-electron chi connectivity index (χ4n) is 0.998. The monoisotopic (exact) mass is 242 g/mol. The summed E-state index contributed by atoms with van der Waals surface area (Å²) in [7, 11) is 0. The van der Waals surface area contributed by atoms with Gasteiger partial charge < -0.3 is 0 Å². The first-order valence-corrected chi connectivity index (χ1v) is 5.30. The van der Waals surface area contributed by atoms with Crippen molar-refractivity contribution in [3.05, 3.63) is 27.2 Å². The first-order valence-electron chi connectivity index (χ1n) is 4.11. The van der Waals surface area contributed by atoms with E-state index in [2.05, 4.69) is 20.5 Å². The molecule has 2 N–H and O–H groups in total. The molecule has 0 radical (unpaired) electrons. The number of carbonyl (C=O) groups excluding carboxylic acids is 1. The number of H-pyrrole nitrogens is 1. The molecule has 0 bridgehead atoms. The van der Waals surface area contributed by atoms with Crippen molar-refractivity contribution >= 4 is 34.8 Å². The average Bonchev–Trinajstić information content (AvgIpc) is 2.75. The number of nitrogens with one attached hydrogen (secondary N) is 2. The lowest BCUT2D eigenvalue weighted by Gasteiger charge is -1.95. The van der Waals surface area contributed by atoms with Crippen molar-refractivity contribution < 1.29 is 4.79 Å². The van der Waals surface area contributed by atoms with Crippen LogP contribution in [0.15, 0.2) is 12.1 Å². The Hall–Kier alpha value is -1.40. The molecule has 0 atom stereocenters. The van der Waals surface area contributed by atoms with Gasteiger partial charge >= 0.3 is 0 Å². The van der Waals surface area contributed by atoms with E-state index in [9.17, 15) is 4.79 Å². The molecule has 2 aromatic rings. The number of halogens is 1. The highest BCUT2D eigenvalue weighted by Gasteiger charge is 2.10. The fraction of sp³-hybridized carbons (Fsp3) is 0.125. The van der Waals surface area contributed by atoms with Crippen LogP contribution in [0.2, 0.25) is 4.34 Å². The van der Waals surface area contributed by atoms with E-state index in [0.717, 1.165) is 0 Å². The van der Waals surface area contributed by atoms with E-state index in [1.807, 2.05) is 0 Å². The van der Waals surface area contributed by atoms with Gasteiger partial charge in [-0.2, -0.15) is 4.98 Å². The molecular formula is C8H7ClN4OS. The van der Waals surface area contributed by atoms with E-state index in [4.69, 9.17) is 11.6 Å². The summed E-state index contributed by atoms with van der Waals surface area (Å²) in [6.45, 7) is 1.75. The number of aromatic amines is 1. The number of nitrogens with zero attached hydrogens (tertiary/aromatic N) is 2. The van der Waals surface area contributed by atoms with E-state index < -0.39 is 0 Å². The van der Waals surface area contributed by atoms with Gasteiger partial charge in [0.05, 0.1) is 9.21 Å². The number of hydrogen-bond donors (Lipinski definition) is 2. The Kier molecular flexibility index (Phi) is 2.70. The maximum Gasteiger partial charge on any atom is 0.268 e. The maximum atomic E-state index is 11.6. The lowest BCUT2D eigenvalue weighted by atomic mass is 10.4. The Morgan fingerprint density at radius 1 is 1.60 bits per heavy atom. The maximum absolute atomic E-state index is 11.6. The highest BCUT2D eigenvalue weighted by atomic mass is 35.5. The molecule has 0 unspecified atom stereocenters. The van der Waals surface area contributed by atoms with Gasteiger partial charge in [0, 0.05) is 0 Å². The summed E-state index contributed by atoms with van der Waals surface area (Å²) < 4.78 is 0.575. The van der Waals surface area contributed by atoms with Crippen molar-refractivity contribution in [2.45, 2.75) is 6.92 Å². The molecule has 78 valence electrons. The van der Waals surface area contributed by atoms with Crippen molar-refractivity contribution in [3.63, 3.8) is 0 Å². The number of amides is 1. The molecule has 2 heterocycles. The number of carbonyl (C=O) groups is 1. The molecule has 0 saturated heterocycles. The second-order valence-corrected chi connectivity index (χ2v) is 4.52. The average molecular weight is 243 g/mol. The Morgan fingerprint density at radius 2 is 2.40 bits per heavy atom. The fourth-order valence-corrected chi connectivity index (χ4v) is 1.94. The number of aryl methyl sites for hydroxylation is 1. The van der Waals surface area contributed by atoms with Crippen molar-refractivity contribution in [2.75, 3.05) is 5.32 Å². The van der Waals surface area contributed by atoms with E-state index in [1.165, 1.54) is 11.3 Å². The molecule has 0 saturated carbocycles. The van der Waals surface area contributed by atoms with E-state index >= 15 is 0 Å². The number of rotatable bonds is 2. The summed E-state index contributed by atoms with van der Waals surface area (Å²) >= 11 is 6.92. The summed E-state index contributed by atoms with van der Waals surface area (Å²) in [5.41, 5.74) is 0. The van der Waals surface area contributed by atoms with Crippen molar-refractivity contribution in [1.29, 1.82) is 0 Å². The minimum absolute atomic E-state index is 0.258. The molecule has 0 aromatic carbocycles. The molecule has 7 heteroatoms. The molecule has 0 aliphatic heterocycles. The van der Waals surface area contributed by atoms with Crippen LogP contribution in [0.3, 0.4) is 0 Å². The van der Waals surface area contributed by atoms with Gasteiger partial charge in [-0.25, -0.2) is 0 Å². The topological polar surface area (TPSA) is 70.7 Å². The van der Waals surface area contributed by atoms with Crippen LogP contribution in [0.4, 0.5) is 5.95 Å². The summed E-state index contributed by atoms with van der Waals surface area (Å²) in [5, 5.41) is 8.98. The largest absolute Gasteiger partial charge is 0.288 e. The van der Waals surface area contributed by atoms with E-state index in [0.29, 0.717) is 15.0 Å². The van der Waals surface area contributed by atoms with Gasteiger partial charge in [0.25, 0.3) is 5.91 Å². The minimum atomic E-state index is -0.258. The zero-order chi connectivity index (χ0) is 10.8. The normalized spacial score (nSPS) is 10.3. The standard InChI is InChI=1S/C8H7ClN4OS/c1-4-10-8(13-12-4)11-7(14)5-2-3-6(9)15-5/h2-3H,1H3,(H2,10,11,12,13,14). The molecule has 2 aromatic heterocycles. The summed E-state index contributed by atoms with van der Waals surface area (Å²) in [4.78, 5) is 16.1. The predicted octanol–water partition coefficient (Wildman–Crippen LogP) is 2.08.